The summed E-state index contributed by atoms with van der Waals surface area (Å²) in [5, 5.41) is 3.64. The molecule has 1 atom stereocenters. The topological polar surface area (TPSA) is 49.4 Å². The lowest BCUT2D eigenvalue weighted by Crippen LogP contribution is -2.51. The van der Waals surface area contributed by atoms with Crippen LogP contribution in [0.2, 0.25) is 5.02 Å². The molecule has 0 aliphatic carbocycles. The van der Waals surface area contributed by atoms with Crippen molar-refractivity contribution in [1.29, 1.82) is 0 Å². The second-order valence-corrected chi connectivity index (χ2v) is 9.73. The smallest absolute Gasteiger partial charge is 0.243 e. The molecule has 0 spiro atoms. The lowest BCUT2D eigenvalue weighted by molar-refractivity contribution is -0.139. The van der Waals surface area contributed by atoms with Gasteiger partial charge < -0.3 is 10.2 Å². The Kier molecular flexibility index (Phi) is 10.0. The molecule has 0 saturated heterocycles. The first-order chi connectivity index (χ1) is 16.5. The van der Waals surface area contributed by atoms with Gasteiger partial charge in [-0.15, -0.1) is 11.8 Å². The number of nitrogens with one attached hydrogen (secondary N) is 1. The number of carbonyl (C=O) groups is 2. The predicted molar refractivity (Wildman–Crippen MR) is 141 cm³/mol. The lowest BCUT2D eigenvalue weighted by Gasteiger charge is -2.31. The van der Waals surface area contributed by atoms with Gasteiger partial charge in [-0.25, -0.2) is 0 Å². The highest BCUT2D eigenvalue weighted by Gasteiger charge is 2.30. The summed E-state index contributed by atoms with van der Waals surface area (Å²) in [6, 6.07) is 24.8. The van der Waals surface area contributed by atoms with Crippen LogP contribution in [0.1, 0.15) is 30.0 Å². The highest BCUT2D eigenvalue weighted by molar-refractivity contribution is 8.00. The minimum absolute atomic E-state index is 0.0758. The van der Waals surface area contributed by atoms with Crippen LogP contribution < -0.4 is 5.32 Å². The van der Waals surface area contributed by atoms with Crippen LogP contribution in [0.4, 0.5) is 0 Å². The van der Waals surface area contributed by atoms with Crippen LogP contribution in [-0.4, -0.2) is 35.1 Å². The van der Waals surface area contributed by atoms with E-state index in [0.29, 0.717) is 24.5 Å². The summed E-state index contributed by atoms with van der Waals surface area (Å²) >= 11 is 7.56. The van der Waals surface area contributed by atoms with Gasteiger partial charge in [0.2, 0.25) is 11.8 Å². The molecule has 0 radical (unpaired) electrons. The van der Waals surface area contributed by atoms with Gasteiger partial charge in [-0.3, -0.25) is 9.59 Å². The maximum atomic E-state index is 13.6. The Balaban J connectivity index is 1.87. The van der Waals surface area contributed by atoms with Crippen molar-refractivity contribution in [1.82, 2.24) is 10.2 Å². The Morgan fingerprint density at radius 2 is 1.62 bits per heavy atom. The van der Waals surface area contributed by atoms with Crippen molar-refractivity contribution in [3.8, 4) is 0 Å². The molecule has 2 amide bonds. The molecule has 0 saturated carbocycles. The third kappa shape index (κ3) is 7.93. The number of hydrogen-bond donors (Lipinski definition) is 1. The van der Waals surface area contributed by atoms with E-state index in [0.717, 1.165) is 22.4 Å². The minimum atomic E-state index is -0.615. The Morgan fingerprint density at radius 3 is 2.26 bits per heavy atom. The molecule has 3 rings (SSSR count). The van der Waals surface area contributed by atoms with Crippen molar-refractivity contribution in [2.75, 3.05) is 12.3 Å². The zero-order chi connectivity index (χ0) is 24.3. The van der Waals surface area contributed by atoms with Gasteiger partial charge in [0.15, 0.2) is 0 Å². The molecule has 6 heteroatoms. The van der Waals surface area contributed by atoms with Gasteiger partial charge in [0, 0.05) is 29.4 Å². The lowest BCUT2D eigenvalue weighted by atomic mass is 10.0. The number of hydrogen-bond acceptors (Lipinski definition) is 3. The molecule has 34 heavy (non-hydrogen) atoms. The summed E-state index contributed by atoms with van der Waals surface area (Å²) < 4.78 is 0. The highest BCUT2D eigenvalue weighted by atomic mass is 35.5. The molecule has 1 N–H and O–H groups in total. The number of aryl methyl sites for hydroxylation is 1. The molecule has 0 aliphatic heterocycles. The fourth-order valence-electron chi connectivity index (χ4n) is 3.57. The predicted octanol–water partition coefficient (Wildman–Crippen LogP) is 5.91. The molecule has 4 nitrogen and oxygen atoms in total. The van der Waals surface area contributed by atoms with Gasteiger partial charge in [-0.2, -0.15) is 0 Å². The summed E-state index contributed by atoms with van der Waals surface area (Å²) in [6.07, 6.45) is 1.28. The highest BCUT2D eigenvalue weighted by Crippen LogP contribution is 2.22. The Morgan fingerprint density at radius 1 is 0.941 bits per heavy atom. The monoisotopic (exact) mass is 494 g/mol. The third-order valence-corrected chi connectivity index (χ3v) is 6.72. The van der Waals surface area contributed by atoms with Crippen LogP contribution in [0.25, 0.3) is 0 Å². The number of rotatable bonds is 11. The average Bonchev–Trinajstić information content (AvgIpc) is 2.86. The van der Waals surface area contributed by atoms with Crippen LogP contribution in [0.15, 0.2) is 83.8 Å². The maximum Gasteiger partial charge on any atom is 0.243 e. The van der Waals surface area contributed by atoms with E-state index in [2.05, 4.69) is 5.32 Å². The third-order valence-electron chi connectivity index (χ3n) is 5.47. The normalized spacial score (nSPS) is 11.6. The average molecular weight is 495 g/mol. The zero-order valence-electron chi connectivity index (χ0n) is 19.7. The summed E-state index contributed by atoms with van der Waals surface area (Å²) in [4.78, 5) is 29.6. The van der Waals surface area contributed by atoms with Crippen molar-refractivity contribution in [2.45, 2.75) is 44.2 Å². The van der Waals surface area contributed by atoms with E-state index in [-0.39, 0.29) is 17.6 Å². The van der Waals surface area contributed by atoms with Gasteiger partial charge in [-0.1, -0.05) is 78.7 Å². The molecular formula is C28H31ClN2O2S. The first kappa shape index (κ1) is 25.9. The first-order valence-corrected chi connectivity index (χ1v) is 12.9. The number of carbonyl (C=O) groups excluding carboxylic acids is 2. The van der Waals surface area contributed by atoms with E-state index in [1.165, 1.54) is 17.3 Å². The fraction of sp³-hybridized carbons (Fsp3) is 0.286. The van der Waals surface area contributed by atoms with E-state index >= 15 is 0 Å². The van der Waals surface area contributed by atoms with E-state index in [4.69, 9.17) is 11.6 Å². The van der Waals surface area contributed by atoms with Crippen molar-refractivity contribution >= 4 is 35.2 Å². The summed E-state index contributed by atoms with van der Waals surface area (Å²) in [7, 11) is 0. The van der Waals surface area contributed by atoms with E-state index < -0.39 is 6.04 Å². The molecule has 0 fully saturated rings. The van der Waals surface area contributed by atoms with E-state index in [1.54, 1.807) is 4.90 Å². The van der Waals surface area contributed by atoms with Gasteiger partial charge >= 0.3 is 0 Å². The Labute approximate surface area is 211 Å². The molecular weight excluding hydrogens is 464 g/mol. The number of amides is 2. The minimum Gasteiger partial charge on any atom is -0.354 e. The number of nitrogens with zero attached hydrogens (tertiary/aromatic N) is 1. The Bertz CT molecular complexity index is 1060. The molecule has 0 aromatic heterocycles. The van der Waals surface area contributed by atoms with Gasteiger partial charge in [0.1, 0.15) is 6.04 Å². The molecule has 178 valence electrons. The number of halogens is 1. The maximum absolute atomic E-state index is 13.6. The first-order valence-electron chi connectivity index (χ1n) is 11.5. The molecule has 3 aromatic rings. The van der Waals surface area contributed by atoms with Gasteiger partial charge in [-0.05, 0) is 48.7 Å². The zero-order valence-corrected chi connectivity index (χ0v) is 21.2. The molecule has 1 unspecified atom stereocenters. The Hall–Kier alpha value is -2.76. The van der Waals surface area contributed by atoms with E-state index in [9.17, 15) is 9.59 Å². The number of thioether (sulfide) groups is 1. The van der Waals surface area contributed by atoms with Gasteiger partial charge in [0.05, 0.1) is 5.75 Å². The van der Waals surface area contributed by atoms with Crippen molar-refractivity contribution in [2.24, 2.45) is 0 Å². The SMILES string of the molecule is CCCNC(=O)C(Cc1ccccc1)N(Cc1ccc(Cl)cc1)C(=O)CSc1ccc(C)cc1. The summed E-state index contributed by atoms with van der Waals surface area (Å²) in [6.45, 7) is 4.96. The van der Waals surface area contributed by atoms with Crippen LogP contribution in [0.3, 0.4) is 0 Å². The van der Waals surface area contributed by atoms with Crippen LogP contribution in [-0.2, 0) is 22.6 Å². The van der Waals surface area contributed by atoms with Crippen molar-refractivity contribution in [3.63, 3.8) is 0 Å². The quantitative estimate of drug-likeness (QED) is 0.337. The number of benzene rings is 3. The van der Waals surface area contributed by atoms with Crippen LogP contribution in [0.5, 0.6) is 0 Å². The van der Waals surface area contributed by atoms with E-state index in [1.807, 2.05) is 92.7 Å². The fourth-order valence-corrected chi connectivity index (χ4v) is 4.48. The van der Waals surface area contributed by atoms with Crippen molar-refractivity contribution < 1.29 is 9.59 Å². The van der Waals surface area contributed by atoms with Gasteiger partial charge in [0.25, 0.3) is 0 Å². The molecule has 0 aliphatic rings. The van der Waals surface area contributed by atoms with Crippen LogP contribution >= 0.6 is 23.4 Å². The summed E-state index contributed by atoms with van der Waals surface area (Å²) in [5.41, 5.74) is 3.12. The molecule has 0 bridgehead atoms. The summed E-state index contributed by atoms with van der Waals surface area (Å²) in [5.74, 6) is 0.0460. The molecule has 0 heterocycles. The standard InChI is InChI=1S/C28H31ClN2O2S/c1-3-17-30-28(33)26(18-22-7-5-4-6-8-22)31(19-23-11-13-24(29)14-12-23)27(32)20-34-25-15-9-21(2)10-16-25/h4-16,26H,3,17-20H2,1-2H3,(H,30,33). The second kappa shape index (κ2) is 13.2. The second-order valence-electron chi connectivity index (χ2n) is 8.25. The largest absolute Gasteiger partial charge is 0.354 e. The van der Waals surface area contributed by atoms with Crippen LogP contribution in [0, 0.1) is 6.92 Å². The molecule has 3 aromatic carbocycles. The van der Waals surface area contributed by atoms with Crippen molar-refractivity contribution in [3.05, 3.63) is 101 Å².